The fraction of sp³-hybridized carbons (Fsp3) is 0.111. The minimum Gasteiger partial charge on any atom is -0.465 e. The molecule has 10 nitrogen and oxygen atoms in total. The first-order valence-corrected chi connectivity index (χ1v) is 8.59. The van der Waals surface area contributed by atoms with Crippen LogP contribution < -0.4 is 10.2 Å². The number of hydrogen-bond acceptors (Lipinski definition) is 9. The largest absolute Gasteiger partial charge is 0.465 e. The standard InChI is InChI=1S/C18H15ClN6O4/c1-24(13-6-4-3-5-12(13)18(26)29-2)17-15(25(27)28)16(21-10-22-17)23-14-8-7-11(19)9-20-14/h3-10H,1-2H3,(H,20,21,22,23). The number of hydrogen-bond donors (Lipinski definition) is 1. The van der Waals surface area contributed by atoms with E-state index in [0.29, 0.717) is 16.5 Å². The van der Waals surface area contributed by atoms with E-state index in [-0.39, 0.29) is 22.9 Å². The highest BCUT2D eigenvalue weighted by atomic mass is 35.5. The topological polar surface area (TPSA) is 123 Å². The second kappa shape index (κ2) is 8.48. The molecule has 0 spiro atoms. The fourth-order valence-corrected chi connectivity index (χ4v) is 2.72. The summed E-state index contributed by atoms with van der Waals surface area (Å²) in [6.45, 7) is 0. The SMILES string of the molecule is COC(=O)c1ccccc1N(C)c1ncnc(Nc2ccc(Cl)cn2)c1[N+](=O)[O-]. The molecule has 0 fully saturated rings. The number of ether oxygens (including phenoxy) is 1. The molecule has 0 radical (unpaired) electrons. The molecule has 0 bridgehead atoms. The van der Waals surface area contributed by atoms with Crippen LogP contribution in [0.25, 0.3) is 0 Å². The maximum Gasteiger partial charge on any atom is 0.354 e. The summed E-state index contributed by atoms with van der Waals surface area (Å²) in [6, 6.07) is 9.69. The number of pyridine rings is 1. The highest BCUT2D eigenvalue weighted by Gasteiger charge is 2.28. The predicted molar refractivity (Wildman–Crippen MR) is 107 cm³/mol. The average molecular weight is 415 g/mol. The van der Waals surface area contributed by atoms with Crippen LogP contribution in [0.15, 0.2) is 48.9 Å². The molecule has 0 aliphatic heterocycles. The number of methoxy groups -OCH3 is 1. The number of halogens is 1. The van der Waals surface area contributed by atoms with Gasteiger partial charge in [-0.3, -0.25) is 10.1 Å². The molecule has 2 aromatic heterocycles. The summed E-state index contributed by atoms with van der Waals surface area (Å²) in [5, 5.41) is 15.0. The lowest BCUT2D eigenvalue weighted by Crippen LogP contribution is -2.18. The van der Waals surface area contributed by atoms with Gasteiger partial charge < -0.3 is 15.0 Å². The third-order valence-corrected chi connectivity index (χ3v) is 4.17. The van der Waals surface area contributed by atoms with Gasteiger partial charge in [0.1, 0.15) is 12.1 Å². The molecule has 0 atom stereocenters. The van der Waals surface area contributed by atoms with Gasteiger partial charge in [-0.1, -0.05) is 23.7 Å². The molecular formula is C18H15ClN6O4. The Morgan fingerprint density at radius 1 is 1.21 bits per heavy atom. The highest BCUT2D eigenvalue weighted by molar-refractivity contribution is 6.30. The number of carbonyl (C=O) groups is 1. The maximum absolute atomic E-state index is 12.1. The number of benzene rings is 1. The lowest BCUT2D eigenvalue weighted by molar-refractivity contribution is -0.383. The Kier molecular flexibility index (Phi) is 5.84. The van der Waals surface area contributed by atoms with Crippen LogP contribution in [0.5, 0.6) is 0 Å². The molecule has 1 aromatic carbocycles. The third-order valence-electron chi connectivity index (χ3n) is 3.95. The van der Waals surface area contributed by atoms with Crippen LogP contribution >= 0.6 is 11.6 Å². The zero-order chi connectivity index (χ0) is 21.0. The second-order valence-corrected chi connectivity index (χ2v) is 6.14. The Morgan fingerprint density at radius 2 is 1.97 bits per heavy atom. The third kappa shape index (κ3) is 4.22. The minimum atomic E-state index is -0.606. The molecule has 0 saturated carbocycles. The van der Waals surface area contributed by atoms with E-state index in [9.17, 15) is 14.9 Å². The van der Waals surface area contributed by atoms with E-state index in [1.165, 1.54) is 24.5 Å². The molecule has 29 heavy (non-hydrogen) atoms. The van der Waals surface area contributed by atoms with Crippen molar-refractivity contribution in [2.45, 2.75) is 0 Å². The molecule has 3 aromatic rings. The zero-order valence-electron chi connectivity index (χ0n) is 15.4. The first-order chi connectivity index (χ1) is 13.9. The lowest BCUT2D eigenvalue weighted by Gasteiger charge is -2.21. The number of esters is 1. The predicted octanol–water partition coefficient (Wildman–Crippen LogP) is 3.73. The molecule has 148 valence electrons. The molecule has 0 amide bonds. The van der Waals surface area contributed by atoms with Crippen LogP contribution in [0, 0.1) is 10.1 Å². The van der Waals surface area contributed by atoms with E-state index in [0.717, 1.165) is 0 Å². The molecule has 2 heterocycles. The van der Waals surface area contributed by atoms with Gasteiger partial charge in [-0.15, -0.1) is 0 Å². The van der Waals surface area contributed by atoms with Gasteiger partial charge in [0, 0.05) is 13.2 Å². The van der Waals surface area contributed by atoms with Crippen LogP contribution in [0.4, 0.5) is 28.8 Å². The van der Waals surface area contributed by atoms with Gasteiger partial charge in [-0.25, -0.2) is 19.7 Å². The van der Waals surface area contributed by atoms with E-state index in [1.54, 1.807) is 43.4 Å². The minimum absolute atomic E-state index is 0.0159. The van der Waals surface area contributed by atoms with Gasteiger partial charge in [-0.05, 0) is 24.3 Å². The van der Waals surface area contributed by atoms with Gasteiger partial charge in [-0.2, -0.15) is 0 Å². The second-order valence-electron chi connectivity index (χ2n) is 5.71. The number of nitrogens with zero attached hydrogens (tertiary/aromatic N) is 5. The van der Waals surface area contributed by atoms with E-state index < -0.39 is 10.9 Å². The number of para-hydroxylation sites is 1. The van der Waals surface area contributed by atoms with Gasteiger partial charge in [0.05, 0.1) is 28.3 Å². The number of nitrogens with one attached hydrogen (secondary N) is 1. The number of rotatable bonds is 6. The normalized spacial score (nSPS) is 10.3. The van der Waals surface area contributed by atoms with Crippen LogP contribution in [0.2, 0.25) is 5.02 Å². The van der Waals surface area contributed by atoms with Crippen LogP contribution in [-0.2, 0) is 4.74 Å². The Labute approximate surface area is 170 Å². The summed E-state index contributed by atoms with van der Waals surface area (Å²) in [7, 11) is 2.81. The summed E-state index contributed by atoms with van der Waals surface area (Å²) >= 11 is 5.81. The molecule has 0 unspecified atom stereocenters. The van der Waals surface area contributed by atoms with E-state index in [1.807, 2.05) is 0 Å². The Morgan fingerprint density at radius 3 is 2.62 bits per heavy atom. The van der Waals surface area contributed by atoms with Crippen molar-refractivity contribution in [2.24, 2.45) is 0 Å². The quantitative estimate of drug-likeness (QED) is 0.365. The smallest absolute Gasteiger partial charge is 0.354 e. The van der Waals surface area contributed by atoms with Crippen molar-refractivity contribution in [2.75, 3.05) is 24.4 Å². The van der Waals surface area contributed by atoms with Crippen molar-refractivity contribution < 1.29 is 14.5 Å². The van der Waals surface area contributed by atoms with Crippen molar-refractivity contribution in [3.63, 3.8) is 0 Å². The molecule has 3 rings (SSSR count). The summed E-state index contributed by atoms with van der Waals surface area (Å²) in [5.74, 6) is -0.331. The molecule has 11 heteroatoms. The van der Waals surface area contributed by atoms with Crippen LogP contribution in [0.3, 0.4) is 0 Å². The highest BCUT2D eigenvalue weighted by Crippen LogP contribution is 2.37. The summed E-state index contributed by atoms with van der Waals surface area (Å²) in [4.78, 5) is 36.8. The molecule has 0 aliphatic carbocycles. The molecule has 0 aliphatic rings. The molecule has 1 N–H and O–H groups in total. The van der Waals surface area contributed by atoms with E-state index >= 15 is 0 Å². The van der Waals surface area contributed by atoms with Crippen LogP contribution in [-0.4, -0.2) is 40.0 Å². The van der Waals surface area contributed by atoms with Gasteiger partial charge in [0.2, 0.25) is 11.6 Å². The maximum atomic E-state index is 12.1. The van der Waals surface area contributed by atoms with Crippen molar-refractivity contribution >= 4 is 46.4 Å². The molecular weight excluding hydrogens is 400 g/mol. The van der Waals surface area contributed by atoms with E-state index in [2.05, 4.69) is 20.3 Å². The average Bonchev–Trinajstić information content (AvgIpc) is 2.74. The lowest BCUT2D eigenvalue weighted by atomic mass is 10.1. The van der Waals surface area contributed by atoms with Crippen molar-refractivity contribution in [1.29, 1.82) is 0 Å². The van der Waals surface area contributed by atoms with E-state index in [4.69, 9.17) is 16.3 Å². The van der Waals surface area contributed by atoms with Crippen molar-refractivity contribution in [3.8, 4) is 0 Å². The Balaban J connectivity index is 2.07. The zero-order valence-corrected chi connectivity index (χ0v) is 16.1. The number of carbonyl (C=O) groups excluding carboxylic acids is 1. The summed E-state index contributed by atoms with van der Waals surface area (Å²) in [6.07, 6.45) is 2.58. The number of aromatic nitrogens is 3. The number of nitro groups is 1. The number of anilines is 4. The Hall–Kier alpha value is -3.79. The first-order valence-electron chi connectivity index (χ1n) is 8.21. The fourth-order valence-electron chi connectivity index (χ4n) is 2.61. The van der Waals surface area contributed by atoms with Gasteiger partial charge in [0.25, 0.3) is 0 Å². The molecule has 0 saturated heterocycles. The summed E-state index contributed by atoms with van der Waals surface area (Å²) < 4.78 is 4.79. The van der Waals surface area contributed by atoms with Gasteiger partial charge >= 0.3 is 11.7 Å². The van der Waals surface area contributed by atoms with Crippen LogP contribution in [0.1, 0.15) is 10.4 Å². The first kappa shape index (κ1) is 20.0. The van der Waals surface area contributed by atoms with Crippen molar-refractivity contribution in [3.05, 3.63) is 69.6 Å². The summed E-state index contributed by atoms with van der Waals surface area (Å²) in [5.41, 5.74) is 0.238. The van der Waals surface area contributed by atoms with Gasteiger partial charge in [0.15, 0.2) is 0 Å². The monoisotopic (exact) mass is 414 g/mol. The van der Waals surface area contributed by atoms with Crippen molar-refractivity contribution in [1.82, 2.24) is 15.0 Å². The Bertz CT molecular complexity index is 1060.